The summed E-state index contributed by atoms with van der Waals surface area (Å²) in [6.45, 7) is 6.35. The number of aromatic amines is 1. The summed E-state index contributed by atoms with van der Waals surface area (Å²) in [4.78, 5) is 17.1. The van der Waals surface area contributed by atoms with Crippen LogP contribution in [0, 0.1) is 0 Å². The van der Waals surface area contributed by atoms with Crippen LogP contribution >= 0.6 is 0 Å². The van der Waals surface area contributed by atoms with Crippen LogP contribution in [0.1, 0.15) is 26.3 Å². The molecule has 2 heterocycles. The highest BCUT2D eigenvalue weighted by Gasteiger charge is 2.29. The Morgan fingerprint density at radius 1 is 1.32 bits per heavy atom. The number of nitrogens with zero attached hydrogens (tertiary/aromatic N) is 1. The quantitative estimate of drug-likeness (QED) is 0.786. The number of amides is 1. The predicted octanol–water partition coefficient (Wildman–Crippen LogP) is 3.47. The van der Waals surface area contributed by atoms with Crippen LogP contribution in [0.3, 0.4) is 0 Å². The van der Waals surface area contributed by atoms with Crippen molar-refractivity contribution in [2.24, 2.45) is 0 Å². The maximum Gasteiger partial charge on any atom is 0.414 e. The Bertz CT molecular complexity index is 637. The standard InChI is InChI=1S/C15H18N2O2/c1-15(2,3)19-14(18)17-9-7-11-10-6-8-16-12(10)4-5-13(11)17/h4-6,8,16H,7,9H2,1-3H3. The Hall–Kier alpha value is -1.97. The molecule has 2 aromatic rings. The minimum Gasteiger partial charge on any atom is -0.443 e. The van der Waals surface area contributed by atoms with Gasteiger partial charge in [-0.2, -0.15) is 0 Å². The number of nitrogens with one attached hydrogen (secondary N) is 1. The van der Waals surface area contributed by atoms with Gasteiger partial charge in [0, 0.05) is 23.6 Å². The summed E-state index contributed by atoms with van der Waals surface area (Å²) in [6.07, 6.45) is 2.55. The van der Waals surface area contributed by atoms with Crippen LogP contribution in [0.4, 0.5) is 10.5 Å². The topological polar surface area (TPSA) is 45.3 Å². The molecule has 1 amide bonds. The van der Waals surface area contributed by atoms with Crippen LogP contribution in [0.2, 0.25) is 0 Å². The second-order valence-corrected chi connectivity index (χ2v) is 5.88. The number of ether oxygens (including phenoxy) is 1. The van der Waals surface area contributed by atoms with Gasteiger partial charge < -0.3 is 9.72 Å². The number of hydrogen-bond donors (Lipinski definition) is 1. The predicted molar refractivity (Wildman–Crippen MR) is 75.6 cm³/mol. The fourth-order valence-corrected chi connectivity index (χ4v) is 2.55. The van der Waals surface area contributed by atoms with Crippen molar-refractivity contribution in [2.45, 2.75) is 32.8 Å². The highest BCUT2D eigenvalue weighted by molar-refractivity contribution is 5.97. The monoisotopic (exact) mass is 258 g/mol. The highest BCUT2D eigenvalue weighted by Crippen LogP contribution is 2.34. The van der Waals surface area contributed by atoms with Crippen LogP contribution < -0.4 is 4.90 Å². The van der Waals surface area contributed by atoms with Gasteiger partial charge in [-0.15, -0.1) is 0 Å². The van der Waals surface area contributed by atoms with E-state index in [2.05, 4.69) is 11.1 Å². The van der Waals surface area contributed by atoms with E-state index >= 15 is 0 Å². The maximum absolute atomic E-state index is 12.2. The Kier molecular flexibility index (Phi) is 2.55. The van der Waals surface area contributed by atoms with Crippen molar-refractivity contribution in [2.75, 3.05) is 11.4 Å². The van der Waals surface area contributed by atoms with Crippen molar-refractivity contribution in [3.63, 3.8) is 0 Å². The van der Waals surface area contributed by atoms with Gasteiger partial charge in [0.15, 0.2) is 0 Å². The molecule has 4 heteroatoms. The zero-order valence-electron chi connectivity index (χ0n) is 11.5. The molecular weight excluding hydrogens is 240 g/mol. The number of carbonyl (C=O) groups excluding carboxylic acids is 1. The SMILES string of the molecule is CC(C)(C)OC(=O)N1CCc2c1ccc1[nH]ccc21. The second kappa shape index (κ2) is 4.02. The molecule has 1 N–H and O–H groups in total. The van der Waals surface area contributed by atoms with E-state index in [1.165, 1.54) is 10.9 Å². The van der Waals surface area contributed by atoms with Gasteiger partial charge >= 0.3 is 6.09 Å². The summed E-state index contributed by atoms with van der Waals surface area (Å²) in [5.41, 5.74) is 2.86. The van der Waals surface area contributed by atoms with Crippen molar-refractivity contribution in [1.82, 2.24) is 4.98 Å². The molecule has 0 saturated carbocycles. The van der Waals surface area contributed by atoms with Crippen molar-refractivity contribution in [3.8, 4) is 0 Å². The van der Waals surface area contributed by atoms with Gasteiger partial charge in [-0.3, -0.25) is 4.90 Å². The zero-order valence-corrected chi connectivity index (χ0v) is 11.5. The van der Waals surface area contributed by atoms with Crippen molar-refractivity contribution < 1.29 is 9.53 Å². The third-order valence-electron chi connectivity index (χ3n) is 3.31. The van der Waals surface area contributed by atoms with Gasteiger partial charge in [0.2, 0.25) is 0 Å². The Labute approximate surface area is 112 Å². The molecule has 19 heavy (non-hydrogen) atoms. The lowest BCUT2D eigenvalue weighted by Crippen LogP contribution is -2.35. The summed E-state index contributed by atoms with van der Waals surface area (Å²) in [6, 6.07) is 6.06. The van der Waals surface area contributed by atoms with Gasteiger partial charge in [0.05, 0.1) is 5.69 Å². The highest BCUT2D eigenvalue weighted by atomic mass is 16.6. The molecule has 1 aromatic carbocycles. The lowest BCUT2D eigenvalue weighted by molar-refractivity contribution is 0.0584. The Morgan fingerprint density at radius 2 is 2.11 bits per heavy atom. The normalized spacial score (nSPS) is 14.8. The molecular formula is C15H18N2O2. The molecule has 0 radical (unpaired) electrons. The first-order valence-electron chi connectivity index (χ1n) is 6.55. The number of hydrogen-bond acceptors (Lipinski definition) is 2. The summed E-state index contributed by atoms with van der Waals surface area (Å²) < 4.78 is 5.45. The average molecular weight is 258 g/mol. The first-order valence-corrected chi connectivity index (χ1v) is 6.55. The number of aromatic nitrogens is 1. The number of anilines is 1. The molecule has 0 aliphatic carbocycles. The van der Waals surface area contributed by atoms with Gasteiger partial charge in [-0.1, -0.05) is 0 Å². The number of benzene rings is 1. The third kappa shape index (κ3) is 2.07. The van der Waals surface area contributed by atoms with Gasteiger partial charge in [-0.05, 0) is 51.0 Å². The zero-order chi connectivity index (χ0) is 13.6. The van der Waals surface area contributed by atoms with Gasteiger partial charge in [-0.25, -0.2) is 4.79 Å². The van der Waals surface area contributed by atoms with Gasteiger partial charge in [0.25, 0.3) is 0 Å². The molecule has 1 aliphatic heterocycles. The number of fused-ring (bicyclic) bond motifs is 3. The molecule has 0 atom stereocenters. The molecule has 0 spiro atoms. The molecule has 3 rings (SSSR count). The van der Waals surface area contributed by atoms with E-state index in [-0.39, 0.29) is 6.09 Å². The number of carbonyl (C=O) groups is 1. The Balaban J connectivity index is 1.96. The largest absolute Gasteiger partial charge is 0.443 e. The molecule has 0 saturated heterocycles. The average Bonchev–Trinajstić information content (AvgIpc) is 2.92. The van der Waals surface area contributed by atoms with E-state index in [4.69, 9.17) is 4.74 Å². The summed E-state index contributed by atoms with van der Waals surface area (Å²) in [7, 11) is 0. The van der Waals surface area contributed by atoms with Crippen LogP contribution in [0.5, 0.6) is 0 Å². The third-order valence-corrected chi connectivity index (χ3v) is 3.31. The lowest BCUT2D eigenvalue weighted by atomic mass is 10.1. The van der Waals surface area contributed by atoms with Crippen LogP contribution in [0.25, 0.3) is 10.9 Å². The fraction of sp³-hybridized carbons (Fsp3) is 0.400. The summed E-state index contributed by atoms with van der Waals surface area (Å²) in [5.74, 6) is 0. The van der Waals surface area contributed by atoms with Crippen LogP contribution in [0.15, 0.2) is 24.4 Å². The summed E-state index contributed by atoms with van der Waals surface area (Å²) in [5, 5.41) is 1.20. The van der Waals surface area contributed by atoms with E-state index in [0.29, 0.717) is 6.54 Å². The maximum atomic E-state index is 12.2. The summed E-state index contributed by atoms with van der Waals surface area (Å²) >= 11 is 0. The smallest absolute Gasteiger partial charge is 0.414 e. The lowest BCUT2D eigenvalue weighted by Gasteiger charge is -2.24. The molecule has 0 bridgehead atoms. The first-order chi connectivity index (χ1) is 8.96. The minimum atomic E-state index is -0.460. The second-order valence-electron chi connectivity index (χ2n) is 5.88. The van der Waals surface area contributed by atoms with Gasteiger partial charge in [0.1, 0.15) is 5.60 Å². The molecule has 100 valence electrons. The van der Waals surface area contributed by atoms with E-state index in [1.54, 1.807) is 4.90 Å². The van der Waals surface area contributed by atoms with Crippen LogP contribution in [-0.4, -0.2) is 23.2 Å². The number of rotatable bonds is 0. The van der Waals surface area contributed by atoms with Crippen LogP contribution in [-0.2, 0) is 11.2 Å². The van der Waals surface area contributed by atoms with Crippen molar-refractivity contribution in [1.29, 1.82) is 0 Å². The fourth-order valence-electron chi connectivity index (χ4n) is 2.55. The van der Waals surface area contributed by atoms with E-state index in [0.717, 1.165) is 17.6 Å². The van der Waals surface area contributed by atoms with E-state index in [1.807, 2.05) is 39.1 Å². The number of H-pyrrole nitrogens is 1. The van der Waals surface area contributed by atoms with Crippen molar-refractivity contribution in [3.05, 3.63) is 30.0 Å². The first kappa shape index (κ1) is 12.1. The molecule has 0 fully saturated rings. The molecule has 1 aromatic heterocycles. The van der Waals surface area contributed by atoms with E-state index < -0.39 is 5.60 Å². The minimum absolute atomic E-state index is 0.263. The van der Waals surface area contributed by atoms with Crippen molar-refractivity contribution >= 4 is 22.7 Å². The van der Waals surface area contributed by atoms with E-state index in [9.17, 15) is 4.79 Å². The molecule has 4 nitrogen and oxygen atoms in total. The molecule has 1 aliphatic rings. The molecule has 0 unspecified atom stereocenters. The Morgan fingerprint density at radius 3 is 2.84 bits per heavy atom.